The van der Waals surface area contributed by atoms with Gasteiger partial charge in [-0.3, -0.25) is 14.4 Å². The topological polar surface area (TPSA) is 78.9 Å². The van der Waals surface area contributed by atoms with Crippen LogP contribution in [0.1, 0.15) is 278 Å². The van der Waals surface area contributed by atoms with Crippen molar-refractivity contribution in [3.63, 3.8) is 0 Å². The average Bonchev–Trinajstić information content (AvgIpc) is 3.30. The molecule has 0 bridgehead atoms. The lowest BCUT2D eigenvalue weighted by atomic mass is 10.0. The molecular formula is C59H104O6. The van der Waals surface area contributed by atoms with Gasteiger partial charge in [0.1, 0.15) is 13.2 Å². The second-order valence-corrected chi connectivity index (χ2v) is 18.5. The van der Waals surface area contributed by atoms with Crippen LogP contribution >= 0.6 is 0 Å². The van der Waals surface area contributed by atoms with Crippen LogP contribution in [0.2, 0.25) is 0 Å². The molecule has 0 fully saturated rings. The molecule has 0 unspecified atom stereocenters. The highest BCUT2D eigenvalue weighted by atomic mass is 16.6. The van der Waals surface area contributed by atoms with Gasteiger partial charge in [0, 0.05) is 19.3 Å². The van der Waals surface area contributed by atoms with E-state index >= 15 is 0 Å². The minimum absolute atomic E-state index is 0.0874. The summed E-state index contributed by atoms with van der Waals surface area (Å²) in [6.07, 6.45) is 66.4. The maximum atomic E-state index is 12.8. The van der Waals surface area contributed by atoms with Crippen LogP contribution in [0, 0.1) is 0 Å². The van der Waals surface area contributed by atoms with E-state index in [2.05, 4.69) is 81.5 Å². The van der Waals surface area contributed by atoms with Gasteiger partial charge in [0.15, 0.2) is 6.10 Å². The molecule has 0 aliphatic rings. The Kier molecular flexibility index (Phi) is 51.3. The van der Waals surface area contributed by atoms with E-state index < -0.39 is 6.10 Å². The maximum Gasteiger partial charge on any atom is 0.306 e. The third-order valence-corrected chi connectivity index (χ3v) is 12.0. The molecule has 0 radical (unpaired) electrons. The van der Waals surface area contributed by atoms with Gasteiger partial charge in [-0.15, -0.1) is 0 Å². The smallest absolute Gasteiger partial charge is 0.306 e. The lowest BCUT2D eigenvalue weighted by Crippen LogP contribution is -2.30. The largest absolute Gasteiger partial charge is 0.462 e. The first-order valence-electron chi connectivity index (χ1n) is 27.8. The highest BCUT2D eigenvalue weighted by Crippen LogP contribution is 2.16. The number of carbonyl (C=O) groups is 3. The number of ether oxygens (including phenoxy) is 3. The van der Waals surface area contributed by atoms with Gasteiger partial charge in [-0.2, -0.15) is 0 Å². The molecule has 6 heteroatoms. The van der Waals surface area contributed by atoms with Crippen molar-refractivity contribution in [1.29, 1.82) is 0 Å². The van der Waals surface area contributed by atoms with Gasteiger partial charge in [0.05, 0.1) is 0 Å². The zero-order valence-corrected chi connectivity index (χ0v) is 43.0. The molecule has 0 aromatic heterocycles. The minimum Gasteiger partial charge on any atom is -0.462 e. The fraction of sp³-hybridized carbons (Fsp3) is 0.780. The van der Waals surface area contributed by atoms with E-state index in [1.54, 1.807) is 0 Å². The van der Waals surface area contributed by atoms with Crippen molar-refractivity contribution >= 4 is 17.9 Å². The molecule has 1 atom stereocenters. The number of allylic oxidation sites excluding steroid dienone is 10. The Hall–Kier alpha value is -2.89. The zero-order valence-electron chi connectivity index (χ0n) is 43.0. The van der Waals surface area contributed by atoms with E-state index in [9.17, 15) is 14.4 Å². The van der Waals surface area contributed by atoms with Crippen LogP contribution in [-0.2, 0) is 28.6 Å². The summed E-state index contributed by atoms with van der Waals surface area (Å²) in [6, 6.07) is 0. The quantitative estimate of drug-likeness (QED) is 0.0262. The molecular weight excluding hydrogens is 805 g/mol. The van der Waals surface area contributed by atoms with Gasteiger partial charge < -0.3 is 14.2 Å². The second kappa shape index (κ2) is 53.7. The molecule has 6 nitrogen and oxygen atoms in total. The Balaban J connectivity index is 4.42. The third-order valence-electron chi connectivity index (χ3n) is 12.0. The van der Waals surface area contributed by atoms with Crippen molar-refractivity contribution in [3.05, 3.63) is 60.8 Å². The number of carbonyl (C=O) groups excluding carboxylic acids is 3. The van der Waals surface area contributed by atoms with Crippen LogP contribution in [0.25, 0.3) is 0 Å². The molecule has 0 spiro atoms. The Bertz CT molecular complexity index is 1180. The summed E-state index contributed by atoms with van der Waals surface area (Å²) >= 11 is 0. The SMILES string of the molecule is CC/C=C\C/C=C\C/C=C\C/C=C\CCCCC(=O)OC[C@H](COC(=O)CCCCCCCCC/C=C\CCCCCCCC)OC(=O)CCCCCCCCCCCCCCCCC. The fourth-order valence-electron chi connectivity index (χ4n) is 7.84. The second-order valence-electron chi connectivity index (χ2n) is 18.5. The first-order chi connectivity index (χ1) is 32.0. The molecule has 65 heavy (non-hydrogen) atoms. The molecule has 376 valence electrons. The van der Waals surface area contributed by atoms with Crippen molar-refractivity contribution < 1.29 is 28.6 Å². The van der Waals surface area contributed by atoms with Gasteiger partial charge >= 0.3 is 17.9 Å². The summed E-state index contributed by atoms with van der Waals surface area (Å²) < 4.78 is 16.8. The van der Waals surface area contributed by atoms with Crippen molar-refractivity contribution in [1.82, 2.24) is 0 Å². The average molecular weight is 909 g/mol. The van der Waals surface area contributed by atoms with Crippen molar-refractivity contribution in [3.8, 4) is 0 Å². The molecule has 0 aliphatic heterocycles. The summed E-state index contributed by atoms with van der Waals surface area (Å²) in [7, 11) is 0. The first-order valence-corrected chi connectivity index (χ1v) is 27.8. The van der Waals surface area contributed by atoms with E-state index in [0.717, 1.165) is 83.5 Å². The Labute approximate surface area is 402 Å². The molecule has 0 aliphatic carbocycles. The number of esters is 3. The summed E-state index contributed by atoms with van der Waals surface area (Å²) in [4.78, 5) is 38.1. The maximum absolute atomic E-state index is 12.8. The molecule has 0 saturated carbocycles. The minimum atomic E-state index is -0.790. The third kappa shape index (κ3) is 51.9. The first kappa shape index (κ1) is 62.1. The molecule has 0 aromatic carbocycles. The van der Waals surface area contributed by atoms with Crippen molar-refractivity contribution in [2.75, 3.05) is 13.2 Å². The highest BCUT2D eigenvalue weighted by Gasteiger charge is 2.19. The van der Waals surface area contributed by atoms with E-state index in [0.29, 0.717) is 19.3 Å². The van der Waals surface area contributed by atoms with E-state index in [1.165, 1.54) is 154 Å². The molecule has 0 rings (SSSR count). The van der Waals surface area contributed by atoms with Gasteiger partial charge in [0.2, 0.25) is 0 Å². The summed E-state index contributed by atoms with van der Waals surface area (Å²) in [5.41, 5.74) is 0. The van der Waals surface area contributed by atoms with Crippen LogP contribution < -0.4 is 0 Å². The fourth-order valence-corrected chi connectivity index (χ4v) is 7.84. The lowest BCUT2D eigenvalue weighted by molar-refractivity contribution is -0.167. The Morgan fingerprint density at radius 1 is 0.323 bits per heavy atom. The Morgan fingerprint density at radius 3 is 0.985 bits per heavy atom. The van der Waals surface area contributed by atoms with Gasteiger partial charge in [-0.05, 0) is 83.5 Å². The van der Waals surface area contributed by atoms with Gasteiger partial charge in [-0.1, -0.05) is 236 Å². The number of rotatable bonds is 50. The highest BCUT2D eigenvalue weighted by molar-refractivity contribution is 5.71. The summed E-state index contributed by atoms with van der Waals surface area (Å²) in [5.74, 6) is -0.924. The zero-order chi connectivity index (χ0) is 47.2. The number of hydrogen-bond acceptors (Lipinski definition) is 6. The van der Waals surface area contributed by atoms with Gasteiger partial charge in [-0.25, -0.2) is 0 Å². The lowest BCUT2D eigenvalue weighted by Gasteiger charge is -2.18. The summed E-state index contributed by atoms with van der Waals surface area (Å²) in [5, 5.41) is 0. The summed E-state index contributed by atoms with van der Waals surface area (Å²) in [6.45, 7) is 6.51. The molecule has 0 N–H and O–H groups in total. The van der Waals surface area contributed by atoms with Crippen LogP contribution in [0.15, 0.2) is 60.8 Å². The molecule has 0 saturated heterocycles. The predicted octanol–water partition coefficient (Wildman–Crippen LogP) is 18.4. The van der Waals surface area contributed by atoms with Crippen LogP contribution in [0.4, 0.5) is 0 Å². The van der Waals surface area contributed by atoms with Crippen molar-refractivity contribution in [2.45, 2.75) is 284 Å². The van der Waals surface area contributed by atoms with E-state index in [1.807, 2.05) is 0 Å². The predicted molar refractivity (Wildman–Crippen MR) is 279 cm³/mol. The van der Waals surface area contributed by atoms with Gasteiger partial charge in [0.25, 0.3) is 0 Å². The van der Waals surface area contributed by atoms with E-state index in [4.69, 9.17) is 14.2 Å². The number of unbranched alkanes of at least 4 members (excludes halogenated alkanes) is 29. The van der Waals surface area contributed by atoms with Crippen LogP contribution in [0.5, 0.6) is 0 Å². The monoisotopic (exact) mass is 909 g/mol. The molecule has 0 amide bonds. The normalized spacial score (nSPS) is 12.5. The standard InChI is InChI=1S/C59H104O6/c1-4-7-10-13-16-19-22-25-28-29-32-34-37-40-43-46-49-52-58(61)64-55-56(65-59(62)53-50-47-44-41-38-35-31-27-24-21-18-15-12-9-6-3)54-63-57(60)51-48-45-42-39-36-33-30-26-23-20-17-14-11-8-5-2/h8,11,17,20,25-26,28,30,36,39,56H,4-7,9-10,12-16,18-19,21-24,27,29,31-35,37-38,40-55H2,1-3H3/b11-8-,20-17-,28-25-,30-26-,39-36-/t56-/m1/s1. The molecule has 0 aromatic rings. The number of hydrogen-bond donors (Lipinski definition) is 0. The van der Waals surface area contributed by atoms with Crippen LogP contribution in [0.3, 0.4) is 0 Å². The van der Waals surface area contributed by atoms with Crippen LogP contribution in [-0.4, -0.2) is 37.2 Å². The van der Waals surface area contributed by atoms with E-state index in [-0.39, 0.29) is 31.1 Å². The molecule has 0 heterocycles. The Morgan fingerprint density at radius 2 is 0.600 bits per heavy atom. The van der Waals surface area contributed by atoms with Crippen molar-refractivity contribution in [2.24, 2.45) is 0 Å².